The molecular formula is C10H17ClN-. The normalized spacial score (nSPS) is 55.2. The van der Waals surface area contributed by atoms with Crippen LogP contribution in [0.15, 0.2) is 0 Å². The van der Waals surface area contributed by atoms with Gasteiger partial charge in [-0.2, -0.15) is 0 Å². The molecular weight excluding hydrogens is 170 g/mol. The van der Waals surface area contributed by atoms with E-state index < -0.39 is 0 Å². The molecule has 0 atom stereocenters. The average Bonchev–Trinajstić information content (AvgIpc) is 1.79. The fourth-order valence-corrected chi connectivity index (χ4v) is 4.18. The molecule has 0 aliphatic heterocycles. The summed E-state index contributed by atoms with van der Waals surface area (Å²) in [5, 5.41) is 0. The molecule has 0 aromatic carbocycles. The number of hydrogen-bond acceptors (Lipinski definition) is 1. The minimum absolute atomic E-state index is 0. The van der Waals surface area contributed by atoms with Gasteiger partial charge < -0.3 is 18.1 Å². The molecule has 2 heteroatoms. The van der Waals surface area contributed by atoms with E-state index in [4.69, 9.17) is 5.73 Å². The zero-order chi connectivity index (χ0) is 7.47. The summed E-state index contributed by atoms with van der Waals surface area (Å²) in [5.74, 6) is 3.06. The maximum Gasteiger partial charge on any atom is 0.0162 e. The lowest BCUT2D eigenvalue weighted by Gasteiger charge is -2.55. The lowest BCUT2D eigenvalue weighted by molar-refractivity contribution is -0.000299. The number of hydrogen-bond donors (Lipinski definition) is 1. The molecule has 0 spiro atoms. The molecule has 0 saturated heterocycles. The standard InChI is InChI=1S/C10H17N.ClH/c11-10-4-7-1-8(5-10)3-9(2-7)6-10;/h7-9H,1-6,11H2;1H/p-1. The highest BCUT2D eigenvalue weighted by molar-refractivity contribution is 5.04. The van der Waals surface area contributed by atoms with Crippen molar-refractivity contribution in [1.82, 2.24) is 0 Å². The van der Waals surface area contributed by atoms with Crippen molar-refractivity contribution in [2.45, 2.75) is 44.1 Å². The van der Waals surface area contributed by atoms with Gasteiger partial charge >= 0.3 is 0 Å². The maximum absolute atomic E-state index is 6.32. The first-order valence-corrected chi connectivity index (χ1v) is 5.02. The van der Waals surface area contributed by atoms with E-state index in [1.807, 2.05) is 0 Å². The Morgan fingerprint density at radius 3 is 1.42 bits per heavy atom. The molecule has 0 unspecified atom stereocenters. The fourth-order valence-electron chi connectivity index (χ4n) is 4.18. The minimum atomic E-state index is 0. The minimum Gasteiger partial charge on any atom is -1.00 e. The first-order valence-electron chi connectivity index (χ1n) is 5.02. The van der Waals surface area contributed by atoms with E-state index in [1.165, 1.54) is 38.5 Å². The van der Waals surface area contributed by atoms with Gasteiger partial charge in [-0.25, -0.2) is 0 Å². The third-order valence-electron chi connectivity index (χ3n) is 4.09. The van der Waals surface area contributed by atoms with Crippen LogP contribution in [0.4, 0.5) is 0 Å². The van der Waals surface area contributed by atoms with Gasteiger partial charge in [0.15, 0.2) is 0 Å². The van der Waals surface area contributed by atoms with Crippen molar-refractivity contribution in [2.75, 3.05) is 0 Å². The van der Waals surface area contributed by atoms with Crippen molar-refractivity contribution in [3.8, 4) is 0 Å². The molecule has 2 N–H and O–H groups in total. The van der Waals surface area contributed by atoms with Crippen molar-refractivity contribution in [2.24, 2.45) is 23.5 Å². The van der Waals surface area contributed by atoms with Crippen molar-refractivity contribution >= 4 is 0 Å². The molecule has 0 radical (unpaired) electrons. The Morgan fingerprint density at radius 2 is 1.17 bits per heavy atom. The van der Waals surface area contributed by atoms with Gasteiger partial charge in [0, 0.05) is 5.54 Å². The van der Waals surface area contributed by atoms with Crippen LogP contribution in [0.1, 0.15) is 38.5 Å². The van der Waals surface area contributed by atoms with Crippen molar-refractivity contribution in [3.05, 3.63) is 0 Å². The third-order valence-corrected chi connectivity index (χ3v) is 4.09. The van der Waals surface area contributed by atoms with Gasteiger partial charge in [0.25, 0.3) is 0 Å². The summed E-state index contributed by atoms with van der Waals surface area (Å²) < 4.78 is 0. The monoisotopic (exact) mass is 186 g/mol. The topological polar surface area (TPSA) is 26.0 Å². The van der Waals surface area contributed by atoms with Crippen molar-refractivity contribution in [1.29, 1.82) is 0 Å². The average molecular weight is 187 g/mol. The number of halogens is 1. The van der Waals surface area contributed by atoms with E-state index in [1.54, 1.807) is 0 Å². The first-order chi connectivity index (χ1) is 5.23. The van der Waals surface area contributed by atoms with E-state index in [-0.39, 0.29) is 12.4 Å². The highest BCUT2D eigenvalue weighted by Crippen LogP contribution is 2.54. The summed E-state index contributed by atoms with van der Waals surface area (Å²) in [6, 6.07) is 0. The zero-order valence-electron chi connectivity index (χ0n) is 7.43. The molecule has 4 rings (SSSR count). The summed E-state index contributed by atoms with van der Waals surface area (Å²) in [6.45, 7) is 0. The van der Waals surface area contributed by atoms with Crippen LogP contribution >= 0.6 is 0 Å². The smallest absolute Gasteiger partial charge is 0.0162 e. The first kappa shape index (κ1) is 8.83. The highest BCUT2D eigenvalue weighted by atomic mass is 35.5. The summed E-state index contributed by atoms with van der Waals surface area (Å²) in [6.07, 6.45) is 8.57. The Balaban J connectivity index is 0.000000563. The van der Waals surface area contributed by atoms with Crippen molar-refractivity contribution in [3.63, 3.8) is 0 Å². The molecule has 12 heavy (non-hydrogen) atoms. The van der Waals surface area contributed by atoms with Crippen LogP contribution in [-0.2, 0) is 0 Å². The van der Waals surface area contributed by atoms with Crippen LogP contribution < -0.4 is 18.1 Å². The van der Waals surface area contributed by atoms with Crippen molar-refractivity contribution < 1.29 is 12.4 Å². The molecule has 1 nitrogen and oxygen atoms in total. The quantitative estimate of drug-likeness (QED) is 0.512. The molecule has 4 bridgehead atoms. The van der Waals surface area contributed by atoms with E-state index in [9.17, 15) is 0 Å². The van der Waals surface area contributed by atoms with Gasteiger partial charge in [-0.3, -0.25) is 0 Å². The Hall–Kier alpha value is 0.250. The van der Waals surface area contributed by atoms with E-state index in [0.717, 1.165) is 17.8 Å². The maximum atomic E-state index is 6.32. The second-order valence-electron chi connectivity index (χ2n) is 5.28. The fraction of sp³-hybridized carbons (Fsp3) is 1.00. The predicted molar refractivity (Wildman–Crippen MR) is 45.1 cm³/mol. The second kappa shape index (κ2) is 2.62. The Morgan fingerprint density at radius 1 is 0.833 bits per heavy atom. The molecule has 0 heterocycles. The third kappa shape index (κ3) is 1.18. The van der Waals surface area contributed by atoms with Crippen LogP contribution in [0.5, 0.6) is 0 Å². The van der Waals surface area contributed by atoms with Gasteiger partial charge in [0.05, 0.1) is 0 Å². The lowest BCUT2D eigenvalue weighted by Crippen LogP contribution is -3.00. The zero-order valence-corrected chi connectivity index (χ0v) is 8.19. The van der Waals surface area contributed by atoms with Gasteiger partial charge in [0.2, 0.25) is 0 Å². The number of rotatable bonds is 0. The summed E-state index contributed by atoms with van der Waals surface area (Å²) >= 11 is 0. The predicted octanol–water partition coefficient (Wildman–Crippen LogP) is -1.08. The highest BCUT2D eigenvalue weighted by Gasteiger charge is 2.48. The molecule has 0 aromatic rings. The lowest BCUT2D eigenvalue weighted by atomic mass is 9.53. The van der Waals surface area contributed by atoms with Gasteiger partial charge in [0.1, 0.15) is 0 Å². The largest absolute Gasteiger partial charge is 1.00 e. The SMILES string of the molecule is NC12CC3CC(CC(C3)C1)C2.[Cl-]. The molecule has 0 amide bonds. The van der Waals surface area contributed by atoms with Crippen LogP contribution in [0.25, 0.3) is 0 Å². The molecule has 0 aromatic heterocycles. The van der Waals surface area contributed by atoms with E-state index >= 15 is 0 Å². The molecule has 4 aliphatic carbocycles. The molecule has 70 valence electrons. The Bertz CT molecular complexity index is 155. The van der Waals surface area contributed by atoms with Crippen LogP contribution in [0, 0.1) is 17.8 Å². The van der Waals surface area contributed by atoms with Gasteiger partial charge in [-0.15, -0.1) is 0 Å². The summed E-state index contributed by atoms with van der Waals surface area (Å²) in [5.41, 5.74) is 6.62. The summed E-state index contributed by atoms with van der Waals surface area (Å²) in [4.78, 5) is 0. The van der Waals surface area contributed by atoms with E-state index in [0.29, 0.717) is 5.54 Å². The second-order valence-corrected chi connectivity index (χ2v) is 5.28. The van der Waals surface area contributed by atoms with Crippen LogP contribution in [-0.4, -0.2) is 5.54 Å². The Kier molecular flexibility index (Phi) is 1.93. The molecule has 4 saturated carbocycles. The van der Waals surface area contributed by atoms with Crippen LogP contribution in [0.3, 0.4) is 0 Å². The molecule has 4 aliphatic rings. The van der Waals surface area contributed by atoms with Gasteiger partial charge in [-0.05, 0) is 56.3 Å². The Labute approximate surface area is 80.5 Å². The molecule has 4 fully saturated rings. The van der Waals surface area contributed by atoms with E-state index in [2.05, 4.69) is 0 Å². The van der Waals surface area contributed by atoms with Gasteiger partial charge in [-0.1, -0.05) is 0 Å². The number of nitrogens with two attached hydrogens (primary N) is 1. The van der Waals surface area contributed by atoms with Crippen LogP contribution in [0.2, 0.25) is 0 Å². The summed E-state index contributed by atoms with van der Waals surface area (Å²) in [7, 11) is 0.